The van der Waals surface area contributed by atoms with Gasteiger partial charge in [0, 0.05) is 39.0 Å². The number of hydrogen-bond acceptors (Lipinski definition) is 10. The maximum Gasteiger partial charge on any atom is 0.407 e. The molecule has 11 aliphatic carbocycles. The topological polar surface area (TPSA) is 189 Å². The van der Waals surface area contributed by atoms with Crippen molar-refractivity contribution in [2.24, 2.45) is 150 Å². The normalized spacial score (nSPS) is 36.2. The molecule has 8 N–H and O–H groups in total. The largest absolute Gasteiger partial charge is 0.446 e. The number of rotatable bonds is 41. The lowest BCUT2D eigenvalue weighted by Gasteiger charge is -2.59. The molecule has 115 heavy (non-hydrogen) atoms. The van der Waals surface area contributed by atoms with Crippen molar-refractivity contribution in [2.45, 2.75) is 385 Å². The predicted octanol–water partition coefficient (Wildman–Crippen LogP) is 23.2. The van der Waals surface area contributed by atoms with E-state index in [0.717, 1.165) is 242 Å². The van der Waals surface area contributed by atoms with Crippen molar-refractivity contribution < 1.29 is 28.9 Å². The fourth-order valence-corrected chi connectivity index (χ4v) is 29.1. The van der Waals surface area contributed by atoms with Crippen LogP contribution in [0.3, 0.4) is 0 Å². The molecule has 0 aromatic heterocycles. The SMILES string of the molecule is CC1=CCC2C(CCCC(OC(O)NCCCN(CCCCN(CCCN=C(N)N)CCCNC(=O)OC3CCC4(C)C(=CCC5C4CCC4C(C(C)CCCC(C)C)CCC45C)C3)CCCNC(=O)OC3CCC4(C)C(=CCC5C4CCC4(C)C(C(C)CCCC(C)C)CCC54)C3)C1)CCC1(C)C(C(C)CCCC(C)C)CCC21. The number of unbranched alkanes of at least 4 members (excludes halogenated alkanes) is 1. The highest BCUT2D eigenvalue weighted by Crippen LogP contribution is 2.70. The van der Waals surface area contributed by atoms with Crippen LogP contribution in [0.2, 0.25) is 0 Å². The molecule has 2 amide bonds. The summed E-state index contributed by atoms with van der Waals surface area (Å²) in [7, 11) is 0. The van der Waals surface area contributed by atoms with Gasteiger partial charge in [-0.25, -0.2) is 9.59 Å². The standard InChI is InChI=1S/C101H178N8O6/c1-69(2)26-18-29-73(8)82-49-54-101(15)87(82)44-45-91-92(101)39-36-78-68-81(48-53-98(78,91)12)115-96(112)107-58-24-63-108(62-22-56-104-93(102)103)60-16-17-61-109(64-23-57-105-94(110)113-79-33-21-32-76-46-51-99(13)85(74(9)30-19-27-70(3)4)40-42-88(99)83(76)37-34-72(7)66-79)65-25-59-106-95(111)114-80-47-52-97(11)77(67-80)35-38-84-89-43-41-86(75(10)31-20-28-71(5)6)100(89,14)55-50-90(84)97/h34-36,69-71,73-76,79-92,94,105,110H,16-33,37-68H2,1-15H3,(H,106,111)(H,107,112)(H4,102,103,104). The van der Waals surface area contributed by atoms with Gasteiger partial charge in [-0.05, 0) is 353 Å². The second-order valence-corrected chi connectivity index (χ2v) is 44.1. The van der Waals surface area contributed by atoms with Crippen LogP contribution in [0.15, 0.2) is 39.9 Å². The summed E-state index contributed by atoms with van der Waals surface area (Å²) in [4.78, 5) is 36.8. The highest BCUT2D eigenvalue weighted by Gasteiger charge is 2.62. The zero-order valence-corrected chi connectivity index (χ0v) is 76.8. The zero-order chi connectivity index (χ0) is 82.2. The summed E-state index contributed by atoms with van der Waals surface area (Å²) >= 11 is 0. The number of hydrogen-bond donors (Lipinski definition) is 6. The van der Waals surface area contributed by atoms with Crippen molar-refractivity contribution >= 4 is 18.1 Å². The number of amides is 2. The minimum Gasteiger partial charge on any atom is -0.446 e. The van der Waals surface area contributed by atoms with Gasteiger partial charge >= 0.3 is 12.2 Å². The number of carbonyl (C=O) groups excluding carboxylic acids is 2. The van der Waals surface area contributed by atoms with Crippen LogP contribution in [0.25, 0.3) is 0 Å². The molecule has 0 aliphatic heterocycles. The second kappa shape index (κ2) is 42.8. The van der Waals surface area contributed by atoms with Gasteiger partial charge in [-0.3, -0.25) is 10.3 Å². The molecule has 14 heteroatoms. The molecular weight excluding hydrogens is 1420 g/mol. The van der Waals surface area contributed by atoms with Crippen molar-refractivity contribution in [1.82, 2.24) is 25.8 Å². The van der Waals surface area contributed by atoms with Crippen molar-refractivity contribution in [3.8, 4) is 0 Å². The van der Waals surface area contributed by atoms with E-state index in [9.17, 15) is 14.7 Å². The van der Waals surface area contributed by atoms with Crippen molar-refractivity contribution in [2.75, 3.05) is 65.4 Å². The van der Waals surface area contributed by atoms with Gasteiger partial charge in [0.2, 0.25) is 6.41 Å². The molecule has 14 nitrogen and oxygen atoms in total. The number of ether oxygens (including phenoxy) is 3. The highest BCUT2D eigenvalue weighted by atomic mass is 16.6. The van der Waals surface area contributed by atoms with Gasteiger partial charge < -0.3 is 51.2 Å². The van der Waals surface area contributed by atoms with E-state index in [2.05, 4.69) is 153 Å². The van der Waals surface area contributed by atoms with Gasteiger partial charge in [-0.1, -0.05) is 203 Å². The first-order valence-electron chi connectivity index (χ1n) is 49.5. The molecule has 11 rings (SSSR count). The number of aliphatic hydroxyl groups is 1. The van der Waals surface area contributed by atoms with Gasteiger partial charge in [0.25, 0.3) is 0 Å². The quantitative estimate of drug-likeness (QED) is 0.0112. The summed E-state index contributed by atoms with van der Waals surface area (Å²) in [6, 6.07) is 0. The molecule has 24 atom stereocenters. The Hall–Kier alpha value is -3.17. The number of guanidine groups is 1. The first kappa shape index (κ1) is 92.5. The number of carbonyl (C=O) groups is 2. The summed E-state index contributed by atoms with van der Waals surface area (Å²) in [5.74, 6) is 14.8. The number of nitrogens with zero attached hydrogens (tertiary/aromatic N) is 3. The van der Waals surface area contributed by atoms with Crippen LogP contribution in [0.1, 0.15) is 361 Å². The van der Waals surface area contributed by atoms with Gasteiger partial charge in [-0.2, -0.15) is 0 Å². The van der Waals surface area contributed by atoms with E-state index in [4.69, 9.17) is 25.7 Å². The van der Waals surface area contributed by atoms with E-state index in [1.165, 1.54) is 166 Å². The van der Waals surface area contributed by atoms with Crippen LogP contribution in [0, 0.1) is 134 Å². The van der Waals surface area contributed by atoms with E-state index in [1.807, 2.05) is 0 Å². The summed E-state index contributed by atoms with van der Waals surface area (Å²) in [5, 5.41) is 21.3. The molecule has 0 aromatic carbocycles. The van der Waals surface area contributed by atoms with Gasteiger partial charge in [0.1, 0.15) is 12.2 Å². The number of fused-ring (bicyclic) bond motifs is 13. The van der Waals surface area contributed by atoms with Gasteiger partial charge in [0.15, 0.2) is 5.96 Å². The Kier molecular flexibility index (Phi) is 34.4. The molecule has 0 bridgehead atoms. The predicted molar refractivity (Wildman–Crippen MR) is 478 cm³/mol. The number of aliphatic imine (C=N–C) groups is 1. The fraction of sp³-hybridized carbons (Fsp3) is 0.911. The first-order chi connectivity index (χ1) is 55.0. The van der Waals surface area contributed by atoms with Crippen LogP contribution >= 0.6 is 0 Å². The third-order valence-corrected chi connectivity index (χ3v) is 35.5. The van der Waals surface area contributed by atoms with Crippen molar-refractivity contribution in [3.05, 3.63) is 34.9 Å². The summed E-state index contributed by atoms with van der Waals surface area (Å²) in [6.45, 7) is 45.3. The number of nitrogens with two attached hydrogens (primary N) is 2. The van der Waals surface area contributed by atoms with E-state index < -0.39 is 6.41 Å². The monoisotopic (exact) mass is 1600 g/mol. The molecule has 8 saturated carbocycles. The summed E-state index contributed by atoms with van der Waals surface area (Å²) in [5.41, 5.74) is 18.0. The minimum absolute atomic E-state index is 0.0117. The fourth-order valence-electron chi connectivity index (χ4n) is 29.1. The smallest absolute Gasteiger partial charge is 0.407 e. The number of alkyl carbamates (subject to hydrolysis) is 2. The molecule has 0 radical (unpaired) electrons. The Balaban J connectivity index is 0.641. The highest BCUT2D eigenvalue weighted by molar-refractivity contribution is 5.75. The molecule has 0 spiro atoms. The van der Waals surface area contributed by atoms with E-state index in [0.29, 0.717) is 42.4 Å². The first-order valence-corrected chi connectivity index (χ1v) is 49.5. The Morgan fingerprint density at radius 3 is 1.53 bits per heavy atom. The third-order valence-electron chi connectivity index (χ3n) is 35.5. The van der Waals surface area contributed by atoms with Crippen LogP contribution in [-0.4, -0.2) is 123 Å². The second-order valence-electron chi connectivity index (χ2n) is 44.1. The Morgan fingerprint density at radius 2 is 0.957 bits per heavy atom. The molecule has 0 saturated heterocycles. The lowest BCUT2D eigenvalue weighted by atomic mass is 9.46. The molecule has 24 unspecified atom stereocenters. The molecule has 8 fully saturated rings. The maximum absolute atomic E-state index is 13.8. The van der Waals surface area contributed by atoms with E-state index in [-0.39, 0.29) is 47.3 Å². The average molecular weight is 1600 g/mol. The van der Waals surface area contributed by atoms with Crippen LogP contribution < -0.4 is 27.4 Å². The number of allylic oxidation sites excluding steroid dienone is 3. The van der Waals surface area contributed by atoms with E-state index >= 15 is 0 Å². The van der Waals surface area contributed by atoms with Crippen molar-refractivity contribution in [3.63, 3.8) is 0 Å². The minimum atomic E-state index is -1.02. The van der Waals surface area contributed by atoms with Crippen molar-refractivity contribution in [1.29, 1.82) is 0 Å². The third kappa shape index (κ3) is 23.6. The van der Waals surface area contributed by atoms with Crippen LogP contribution in [-0.2, 0) is 14.2 Å². The molecule has 11 aliphatic rings. The maximum atomic E-state index is 13.8. The van der Waals surface area contributed by atoms with E-state index in [1.54, 1.807) is 11.1 Å². The van der Waals surface area contributed by atoms with Crippen LogP contribution in [0.5, 0.6) is 0 Å². The van der Waals surface area contributed by atoms with Gasteiger partial charge in [0.05, 0.1) is 6.10 Å². The summed E-state index contributed by atoms with van der Waals surface area (Å²) < 4.78 is 19.1. The Bertz CT molecular complexity index is 3130. The Labute approximate surface area is 704 Å². The Morgan fingerprint density at radius 1 is 0.470 bits per heavy atom. The van der Waals surface area contributed by atoms with Gasteiger partial charge in [-0.15, -0.1) is 0 Å². The zero-order valence-electron chi connectivity index (χ0n) is 76.8. The number of aliphatic hydroxyl groups excluding tert-OH is 1. The molecule has 0 heterocycles. The molecular formula is C101H178N8O6. The van der Waals surface area contributed by atoms with Crippen LogP contribution in [0.4, 0.5) is 9.59 Å². The lowest BCUT2D eigenvalue weighted by molar-refractivity contribution is -0.155. The number of nitrogens with one attached hydrogen (secondary N) is 3. The lowest BCUT2D eigenvalue weighted by Crippen LogP contribution is -2.52. The molecule has 0 aromatic rings. The average Bonchev–Trinajstić information content (AvgIpc) is 1.84. The molecule has 658 valence electrons. The summed E-state index contributed by atoms with van der Waals surface area (Å²) in [6.07, 6.45) is 54.4.